The van der Waals surface area contributed by atoms with Gasteiger partial charge in [-0.25, -0.2) is 18.6 Å². The summed E-state index contributed by atoms with van der Waals surface area (Å²) in [5.41, 5.74) is 4.66. The number of halogens is 1. The van der Waals surface area contributed by atoms with Crippen LogP contribution in [-0.2, 0) is 27.6 Å². The summed E-state index contributed by atoms with van der Waals surface area (Å²) in [6.45, 7) is 20.4. The molecule has 0 aliphatic carbocycles. The first-order valence-electron chi connectivity index (χ1n) is 13.3. The number of hydrogen-bond donors (Lipinski definition) is 0. The van der Waals surface area contributed by atoms with Gasteiger partial charge in [-0.1, -0.05) is 122 Å². The first kappa shape index (κ1) is 33.8. The molecule has 4 nitrogen and oxygen atoms in total. The van der Waals surface area contributed by atoms with Crippen LogP contribution in [0.2, 0.25) is 0 Å². The van der Waals surface area contributed by atoms with Gasteiger partial charge < -0.3 is 0 Å². The average molecular weight is 631 g/mol. The molecule has 0 saturated heterocycles. The van der Waals surface area contributed by atoms with Gasteiger partial charge in [-0.2, -0.15) is 0 Å². The molecule has 0 aliphatic heterocycles. The molecule has 4 rings (SSSR count). The highest BCUT2D eigenvalue weighted by Crippen LogP contribution is 2.49. The Bertz CT molecular complexity index is 1360. The van der Waals surface area contributed by atoms with E-state index in [0.29, 0.717) is 0 Å². The van der Waals surface area contributed by atoms with Crippen molar-refractivity contribution in [3.63, 3.8) is 0 Å². The molecule has 220 valence electrons. The number of rotatable bonds is 5. The van der Waals surface area contributed by atoms with Crippen LogP contribution in [-0.4, -0.2) is 0 Å². The molecule has 0 radical (unpaired) electrons. The normalized spacial score (nSPS) is 12.7. The van der Waals surface area contributed by atoms with Crippen LogP contribution in [0.3, 0.4) is 0 Å². The van der Waals surface area contributed by atoms with Crippen molar-refractivity contribution in [2.75, 3.05) is 0 Å². The second-order valence-corrected chi connectivity index (χ2v) is 17.0. The third-order valence-electron chi connectivity index (χ3n) is 6.38. The minimum atomic E-state index is -4.94. The van der Waals surface area contributed by atoms with Crippen LogP contribution in [0, 0.1) is 14.8 Å². The average Bonchev–Trinajstić information content (AvgIpc) is 3.46. The number of hydrogen-bond acceptors (Lipinski definition) is 6. The first-order chi connectivity index (χ1) is 18.7. The second-order valence-electron chi connectivity index (χ2n) is 13.0. The Labute approximate surface area is 259 Å². The van der Waals surface area contributed by atoms with Crippen LogP contribution in [0.15, 0.2) is 97.3 Å². The molecule has 0 N–H and O–H groups in total. The van der Waals surface area contributed by atoms with E-state index in [1.807, 2.05) is 34.9 Å². The van der Waals surface area contributed by atoms with E-state index in [1.165, 1.54) is 45.7 Å². The molecule has 0 heterocycles. The lowest BCUT2D eigenvalue weighted by atomic mass is 9.87. The molecule has 0 bridgehead atoms. The van der Waals surface area contributed by atoms with Gasteiger partial charge in [-0.15, -0.1) is 10.2 Å². The Morgan fingerprint density at radius 2 is 0.756 bits per heavy atom. The van der Waals surface area contributed by atoms with Gasteiger partial charge in [-0.3, -0.25) is 0 Å². The largest absolute Gasteiger partial charge is 0.261 e. The third-order valence-corrected chi connectivity index (χ3v) is 10.1. The molecule has 0 spiro atoms. The molecule has 0 atom stereocenters. The molecule has 41 heavy (non-hydrogen) atoms. The van der Waals surface area contributed by atoms with Crippen molar-refractivity contribution in [2.24, 2.45) is 0 Å². The summed E-state index contributed by atoms with van der Waals surface area (Å²) < 4.78 is 35.4. The van der Waals surface area contributed by atoms with Crippen molar-refractivity contribution in [2.45, 2.75) is 103 Å². The van der Waals surface area contributed by atoms with E-state index in [1.54, 1.807) is 0 Å². The van der Waals surface area contributed by atoms with Crippen LogP contribution >= 0.6 is 23.5 Å². The zero-order chi connectivity index (χ0) is 30.8. The van der Waals surface area contributed by atoms with Crippen molar-refractivity contribution in [3.8, 4) is 0 Å². The van der Waals surface area contributed by atoms with Crippen molar-refractivity contribution in [3.05, 3.63) is 94.0 Å². The Morgan fingerprint density at radius 1 is 0.488 bits per heavy atom. The summed E-state index contributed by atoms with van der Waals surface area (Å²) >= 11 is 5.70. The number of benzene rings is 3. The van der Waals surface area contributed by atoms with Gasteiger partial charge in [0.1, 0.15) is 0 Å². The molecule has 0 saturated carbocycles. The predicted molar refractivity (Wildman–Crippen MR) is 161 cm³/mol. The lowest BCUT2D eigenvalue weighted by Gasteiger charge is -2.19. The highest BCUT2D eigenvalue weighted by Gasteiger charge is 2.31. The maximum Gasteiger partial charge on any atom is 0.261 e. The second kappa shape index (κ2) is 12.9. The molecule has 4 aromatic carbocycles. The third kappa shape index (κ3) is 10.8. The lowest BCUT2D eigenvalue weighted by Crippen LogP contribution is -2.68. The predicted octanol–water partition coefficient (Wildman–Crippen LogP) is 5.67. The summed E-state index contributed by atoms with van der Waals surface area (Å²) in [4.78, 5) is 6.73. The smallest absolute Gasteiger partial charge is 0.222 e. The van der Waals surface area contributed by atoms with Gasteiger partial charge in [-0.05, 0) is 57.2 Å². The summed E-state index contributed by atoms with van der Waals surface area (Å²) in [6.07, 6.45) is 0. The minimum Gasteiger partial charge on any atom is -0.222 e. The van der Waals surface area contributed by atoms with Gasteiger partial charge in [0.2, 0.25) is 16.2 Å². The Hall–Kier alpha value is -1.68. The molecular formula is C33H39ClO4S3. The molecule has 4 aromatic rings. The molecule has 0 aliphatic rings. The maximum atomic E-state index is 8.49. The first-order valence-corrected chi connectivity index (χ1v) is 17.0. The van der Waals surface area contributed by atoms with E-state index >= 15 is 0 Å². The quantitative estimate of drug-likeness (QED) is 0.208. The molecule has 0 aromatic heterocycles. The highest BCUT2D eigenvalue weighted by molar-refractivity contribution is 8.03. The summed E-state index contributed by atoms with van der Waals surface area (Å²) in [7, 11) is -4.94. The van der Waals surface area contributed by atoms with Crippen molar-refractivity contribution in [1.29, 1.82) is 0 Å². The SMILES string of the molecule is CC(C)(C)c1ccc(Sc2c(Sc3ccc(C(C)(C)C)cc3)c2=[S+]c2ccc(C(C)(C)C)cc2)cc1.[O-][Cl+3]([O-])([O-])[O-]. The molecule has 0 fully saturated rings. The van der Waals surface area contributed by atoms with Crippen molar-refractivity contribution in [1.82, 2.24) is 0 Å². The van der Waals surface area contributed by atoms with Crippen LogP contribution in [0.4, 0.5) is 0 Å². The molecular weight excluding hydrogens is 592 g/mol. The molecule has 0 unspecified atom stereocenters. The van der Waals surface area contributed by atoms with E-state index in [0.717, 1.165) is 0 Å². The Balaban J connectivity index is 0.000000850. The summed E-state index contributed by atoms with van der Waals surface area (Å²) in [6, 6.07) is 27.3. The fraction of sp³-hybridized carbons (Fsp3) is 0.364. The van der Waals surface area contributed by atoms with E-state index in [9.17, 15) is 0 Å². The Morgan fingerprint density at radius 3 is 1.02 bits per heavy atom. The van der Waals surface area contributed by atoms with Crippen molar-refractivity contribution < 1.29 is 28.9 Å². The highest BCUT2D eigenvalue weighted by atomic mass is 35.7. The zero-order valence-electron chi connectivity index (χ0n) is 25.2. The lowest BCUT2D eigenvalue weighted by molar-refractivity contribution is -2.00. The minimum absolute atomic E-state index is 0.175. The van der Waals surface area contributed by atoms with Gasteiger partial charge in [0, 0.05) is 21.9 Å². The zero-order valence-corrected chi connectivity index (χ0v) is 28.4. The summed E-state index contributed by atoms with van der Waals surface area (Å²) in [5, 5.41) is 0. The van der Waals surface area contributed by atoms with Crippen LogP contribution in [0.25, 0.3) is 0 Å². The van der Waals surface area contributed by atoms with Crippen LogP contribution < -0.4 is 18.6 Å². The van der Waals surface area contributed by atoms with E-state index in [4.69, 9.17) is 18.6 Å². The maximum absolute atomic E-state index is 8.49. The van der Waals surface area contributed by atoms with Crippen molar-refractivity contribution >= 4 is 34.9 Å². The van der Waals surface area contributed by atoms with Gasteiger partial charge >= 0.3 is 0 Å². The monoisotopic (exact) mass is 630 g/mol. The fourth-order valence-corrected chi connectivity index (χ4v) is 7.32. The fourth-order valence-electron chi connectivity index (χ4n) is 3.84. The standard InChI is InChI=1S/C33H39S3.ClHO4/c1-31(2,3)22-10-16-25(17-11-22)34-28-29(35-26-18-12-23(13-19-26)32(4,5)6)30(28)36-27-20-14-24(15-21-27)33(7,8)9;2-1(3,4)5/h10-21H,1-9H3;(H,2,3,4,5)/q+1;/p-1. The molecule has 0 amide bonds. The van der Waals surface area contributed by atoms with E-state index < -0.39 is 10.2 Å². The Kier molecular flexibility index (Phi) is 10.6. The van der Waals surface area contributed by atoms with Gasteiger partial charge in [0.05, 0.1) is 9.79 Å². The van der Waals surface area contributed by atoms with Crippen LogP contribution in [0.5, 0.6) is 0 Å². The van der Waals surface area contributed by atoms with Gasteiger partial charge in [0.25, 0.3) is 4.51 Å². The summed E-state index contributed by atoms with van der Waals surface area (Å²) in [5.74, 6) is 0. The van der Waals surface area contributed by atoms with E-state index in [-0.39, 0.29) is 16.2 Å². The van der Waals surface area contributed by atoms with Crippen LogP contribution in [0.1, 0.15) is 79.0 Å². The van der Waals surface area contributed by atoms with Gasteiger partial charge in [0.15, 0.2) is 0 Å². The topological polar surface area (TPSA) is 92.2 Å². The molecule has 8 heteroatoms. The van der Waals surface area contributed by atoms with E-state index in [2.05, 4.69) is 135 Å².